The van der Waals surface area contributed by atoms with Crippen LogP contribution in [0.5, 0.6) is 0 Å². The lowest BCUT2D eigenvalue weighted by atomic mass is 10.4. The van der Waals surface area contributed by atoms with Crippen LogP contribution < -0.4 is 5.32 Å². The Hall–Kier alpha value is -2.15. The van der Waals surface area contributed by atoms with Crippen LogP contribution in [0.3, 0.4) is 0 Å². The lowest BCUT2D eigenvalue weighted by Gasteiger charge is -2.02. The maximum Gasteiger partial charge on any atom is 0.226 e. The molecule has 3 heterocycles. The number of aromatic nitrogens is 6. The molecule has 0 spiro atoms. The van der Waals surface area contributed by atoms with E-state index in [0.29, 0.717) is 17.3 Å². The van der Waals surface area contributed by atoms with Gasteiger partial charge in [-0.25, -0.2) is 0 Å². The number of halogens is 1. The molecule has 2 N–H and O–H groups in total. The molecule has 0 atom stereocenters. The van der Waals surface area contributed by atoms with Gasteiger partial charge in [-0.2, -0.15) is 20.2 Å². The molecule has 3 aromatic rings. The number of hydrogen-bond donors (Lipinski definition) is 2. The highest BCUT2D eigenvalue weighted by molar-refractivity contribution is 6.28. The van der Waals surface area contributed by atoms with Crippen molar-refractivity contribution in [3.8, 4) is 0 Å². The second kappa shape index (κ2) is 3.70. The molecule has 17 heavy (non-hydrogen) atoms. The van der Waals surface area contributed by atoms with Crippen LogP contribution in [0.25, 0.3) is 11.0 Å². The summed E-state index contributed by atoms with van der Waals surface area (Å²) in [6, 6.07) is 1.84. The zero-order valence-electron chi connectivity index (χ0n) is 8.85. The predicted molar refractivity (Wildman–Crippen MR) is 63.2 cm³/mol. The van der Waals surface area contributed by atoms with Gasteiger partial charge in [0.05, 0.1) is 11.6 Å². The molecule has 0 aliphatic heterocycles. The SMILES string of the molecule is Cn1ccc(Nc2nc(Cl)nc3[nH]ncc23)n1. The molecule has 0 saturated heterocycles. The third-order valence-corrected chi connectivity index (χ3v) is 2.41. The van der Waals surface area contributed by atoms with E-state index in [2.05, 4.69) is 30.6 Å². The summed E-state index contributed by atoms with van der Waals surface area (Å²) in [6.07, 6.45) is 3.47. The number of nitrogens with one attached hydrogen (secondary N) is 2. The molecule has 0 saturated carbocycles. The molecule has 0 amide bonds. The van der Waals surface area contributed by atoms with Crippen LogP contribution in [-0.2, 0) is 7.05 Å². The van der Waals surface area contributed by atoms with Gasteiger partial charge >= 0.3 is 0 Å². The highest BCUT2D eigenvalue weighted by Gasteiger charge is 2.09. The van der Waals surface area contributed by atoms with Gasteiger partial charge in [-0.05, 0) is 11.6 Å². The first-order valence-electron chi connectivity index (χ1n) is 4.85. The molecule has 7 nitrogen and oxygen atoms in total. The van der Waals surface area contributed by atoms with Crippen LogP contribution in [0.2, 0.25) is 5.28 Å². The highest BCUT2D eigenvalue weighted by Crippen LogP contribution is 2.22. The second-order valence-corrected chi connectivity index (χ2v) is 3.81. The van der Waals surface area contributed by atoms with Crippen molar-refractivity contribution in [2.24, 2.45) is 7.05 Å². The van der Waals surface area contributed by atoms with Crippen molar-refractivity contribution in [2.45, 2.75) is 0 Å². The molecular formula is C9H8ClN7. The van der Waals surface area contributed by atoms with Gasteiger partial charge < -0.3 is 5.32 Å². The summed E-state index contributed by atoms with van der Waals surface area (Å²) in [5.74, 6) is 1.26. The van der Waals surface area contributed by atoms with Crippen molar-refractivity contribution in [1.29, 1.82) is 0 Å². The van der Waals surface area contributed by atoms with Crippen molar-refractivity contribution in [2.75, 3.05) is 5.32 Å². The van der Waals surface area contributed by atoms with E-state index in [1.807, 2.05) is 19.3 Å². The van der Waals surface area contributed by atoms with Crippen LogP contribution in [0.4, 0.5) is 11.6 Å². The predicted octanol–water partition coefficient (Wildman–Crippen LogP) is 1.48. The molecule has 0 aliphatic carbocycles. The molecule has 86 valence electrons. The average molecular weight is 250 g/mol. The van der Waals surface area contributed by atoms with E-state index >= 15 is 0 Å². The zero-order valence-corrected chi connectivity index (χ0v) is 9.60. The maximum absolute atomic E-state index is 5.82. The Kier molecular flexibility index (Phi) is 2.19. The summed E-state index contributed by atoms with van der Waals surface area (Å²) in [4.78, 5) is 8.13. The summed E-state index contributed by atoms with van der Waals surface area (Å²) in [5.41, 5.74) is 0.587. The van der Waals surface area contributed by atoms with Gasteiger partial charge in [0, 0.05) is 19.3 Å². The smallest absolute Gasteiger partial charge is 0.226 e. The topological polar surface area (TPSA) is 84.3 Å². The summed E-state index contributed by atoms with van der Waals surface area (Å²) in [5, 5.41) is 14.8. The Morgan fingerprint density at radius 2 is 2.29 bits per heavy atom. The fraction of sp³-hybridized carbons (Fsp3) is 0.111. The number of nitrogens with zero attached hydrogens (tertiary/aromatic N) is 5. The van der Waals surface area contributed by atoms with Gasteiger partial charge in [0.25, 0.3) is 0 Å². The van der Waals surface area contributed by atoms with Crippen LogP contribution in [0.1, 0.15) is 0 Å². The van der Waals surface area contributed by atoms with Crippen molar-refractivity contribution in [1.82, 2.24) is 29.9 Å². The number of rotatable bonds is 2. The molecular weight excluding hydrogens is 242 g/mol. The molecule has 0 aromatic carbocycles. The highest BCUT2D eigenvalue weighted by atomic mass is 35.5. The van der Waals surface area contributed by atoms with E-state index in [1.54, 1.807) is 10.9 Å². The van der Waals surface area contributed by atoms with Gasteiger partial charge in [-0.1, -0.05) is 0 Å². The van der Waals surface area contributed by atoms with E-state index in [1.165, 1.54) is 0 Å². The summed E-state index contributed by atoms with van der Waals surface area (Å²) in [6.45, 7) is 0. The van der Waals surface area contributed by atoms with E-state index in [-0.39, 0.29) is 5.28 Å². The average Bonchev–Trinajstić information content (AvgIpc) is 2.87. The minimum absolute atomic E-state index is 0.153. The fourth-order valence-corrected chi connectivity index (χ4v) is 1.67. The largest absolute Gasteiger partial charge is 0.323 e. The van der Waals surface area contributed by atoms with Crippen LogP contribution in [0, 0.1) is 0 Å². The molecule has 0 fully saturated rings. The molecule has 3 aromatic heterocycles. The number of fused-ring (bicyclic) bond motifs is 1. The number of anilines is 2. The van der Waals surface area contributed by atoms with Gasteiger partial charge in [-0.3, -0.25) is 9.78 Å². The van der Waals surface area contributed by atoms with Gasteiger partial charge in [0.15, 0.2) is 11.5 Å². The van der Waals surface area contributed by atoms with Crippen LogP contribution in [-0.4, -0.2) is 29.9 Å². The van der Waals surface area contributed by atoms with Crippen molar-refractivity contribution >= 4 is 34.3 Å². The van der Waals surface area contributed by atoms with E-state index < -0.39 is 0 Å². The monoisotopic (exact) mass is 249 g/mol. The Bertz CT molecular complexity index is 671. The molecule has 0 radical (unpaired) electrons. The van der Waals surface area contributed by atoms with E-state index in [4.69, 9.17) is 11.6 Å². The van der Waals surface area contributed by atoms with E-state index in [9.17, 15) is 0 Å². The lowest BCUT2D eigenvalue weighted by molar-refractivity contribution is 0.771. The Balaban J connectivity index is 2.07. The molecule has 8 heteroatoms. The third-order valence-electron chi connectivity index (χ3n) is 2.24. The zero-order chi connectivity index (χ0) is 11.8. The van der Waals surface area contributed by atoms with Crippen LogP contribution >= 0.6 is 11.6 Å². The number of aromatic amines is 1. The van der Waals surface area contributed by atoms with Crippen molar-refractivity contribution in [3.05, 3.63) is 23.7 Å². The maximum atomic E-state index is 5.82. The Morgan fingerprint density at radius 1 is 1.41 bits per heavy atom. The first-order valence-corrected chi connectivity index (χ1v) is 5.23. The second-order valence-electron chi connectivity index (χ2n) is 3.47. The van der Waals surface area contributed by atoms with Crippen LogP contribution in [0.15, 0.2) is 18.5 Å². The Morgan fingerprint density at radius 3 is 3.06 bits per heavy atom. The molecule has 3 rings (SSSR count). The molecule has 0 aliphatic rings. The number of aryl methyl sites for hydroxylation is 1. The minimum atomic E-state index is 0.153. The quantitative estimate of drug-likeness (QED) is 0.672. The fourth-order valence-electron chi connectivity index (χ4n) is 1.51. The Labute approximate surface area is 101 Å². The van der Waals surface area contributed by atoms with Crippen molar-refractivity contribution < 1.29 is 0 Å². The molecule has 0 unspecified atom stereocenters. The minimum Gasteiger partial charge on any atom is -0.323 e. The summed E-state index contributed by atoms with van der Waals surface area (Å²) >= 11 is 5.82. The lowest BCUT2D eigenvalue weighted by Crippen LogP contribution is -1.98. The third kappa shape index (κ3) is 1.80. The van der Waals surface area contributed by atoms with Gasteiger partial charge in [-0.15, -0.1) is 0 Å². The summed E-state index contributed by atoms with van der Waals surface area (Å²) < 4.78 is 1.69. The summed E-state index contributed by atoms with van der Waals surface area (Å²) in [7, 11) is 1.84. The van der Waals surface area contributed by atoms with Crippen molar-refractivity contribution in [3.63, 3.8) is 0 Å². The number of H-pyrrole nitrogens is 1. The standard InChI is InChI=1S/C9H8ClN7/c1-17-3-2-6(16-17)12-7-5-4-11-15-8(5)14-9(10)13-7/h2-4H,1H3,(H2,11,12,13,14,15,16). The number of hydrogen-bond acceptors (Lipinski definition) is 5. The van der Waals surface area contributed by atoms with Gasteiger partial charge in [0.2, 0.25) is 5.28 Å². The first-order chi connectivity index (χ1) is 8.22. The van der Waals surface area contributed by atoms with E-state index in [0.717, 1.165) is 5.39 Å². The normalized spacial score (nSPS) is 10.9. The molecule has 0 bridgehead atoms. The first kappa shape index (κ1) is 10.0. The van der Waals surface area contributed by atoms with Gasteiger partial charge in [0.1, 0.15) is 5.82 Å².